The number of benzene rings is 1. The minimum atomic E-state index is -0.160. The number of nitrogens with one attached hydrogen (secondary N) is 3. The van der Waals surface area contributed by atoms with Crippen molar-refractivity contribution >= 4 is 23.2 Å². The lowest BCUT2D eigenvalue weighted by Crippen LogP contribution is -2.28. The molecule has 1 aliphatic heterocycles. The fourth-order valence-electron chi connectivity index (χ4n) is 3.25. The lowest BCUT2D eigenvalue weighted by Gasteiger charge is -2.18. The van der Waals surface area contributed by atoms with E-state index in [4.69, 9.17) is 0 Å². The van der Waals surface area contributed by atoms with Gasteiger partial charge in [0.05, 0.1) is 12.1 Å². The van der Waals surface area contributed by atoms with Crippen LogP contribution < -0.4 is 16.0 Å². The maximum Gasteiger partial charge on any atom is 0.229 e. The van der Waals surface area contributed by atoms with Gasteiger partial charge in [-0.05, 0) is 30.2 Å². The van der Waals surface area contributed by atoms with Crippen molar-refractivity contribution < 1.29 is 9.59 Å². The predicted molar refractivity (Wildman–Crippen MR) is 101 cm³/mol. The molecular formula is C19H25N5O2. The van der Waals surface area contributed by atoms with Gasteiger partial charge in [0.2, 0.25) is 11.8 Å². The topological polar surface area (TPSA) is 88.1 Å². The number of anilines is 2. The Hall–Kier alpha value is -2.67. The number of amides is 2. The first kappa shape index (κ1) is 18.1. The largest absolute Gasteiger partial charge is 0.326 e. The Labute approximate surface area is 153 Å². The van der Waals surface area contributed by atoms with Crippen molar-refractivity contribution in [3.63, 3.8) is 0 Å². The molecule has 1 aromatic heterocycles. The molecule has 2 amide bonds. The lowest BCUT2D eigenvalue weighted by molar-refractivity contribution is -0.119. The summed E-state index contributed by atoms with van der Waals surface area (Å²) >= 11 is 0. The molecule has 0 unspecified atom stereocenters. The van der Waals surface area contributed by atoms with Crippen LogP contribution in [0.5, 0.6) is 0 Å². The summed E-state index contributed by atoms with van der Waals surface area (Å²) in [6.07, 6.45) is 4.20. The highest BCUT2D eigenvalue weighted by Gasteiger charge is 2.34. The molecule has 0 saturated carbocycles. The molecule has 3 rings (SSSR count). The standard InChI is InChI=1S/C19H25N5O2/c1-4-18(25)22-14-6-5-12(2)17(7-14)23-19(26)16-10-20-9-15(16)13-8-21-24(3)11-13/h5-8,11,15-16,20H,4,9-10H2,1-3H3,(H,22,25)(H,23,26)/t15-,16+/m1/s1. The average molecular weight is 355 g/mol. The van der Waals surface area contributed by atoms with Crippen molar-refractivity contribution in [2.75, 3.05) is 23.7 Å². The number of carbonyl (C=O) groups is 2. The molecule has 1 saturated heterocycles. The van der Waals surface area contributed by atoms with E-state index in [1.807, 2.05) is 44.6 Å². The van der Waals surface area contributed by atoms with Crippen LogP contribution in [0.1, 0.15) is 30.4 Å². The molecule has 1 fully saturated rings. The highest BCUT2D eigenvalue weighted by Crippen LogP contribution is 2.30. The van der Waals surface area contributed by atoms with Crippen molar-refractivity contribution in [1.29, 1.82) is 0 Å². The molecule has 0 bridgehead atoms. The number of aromatic nitrogens is 2. The quantitative estimate of drug-likeness (QED) is 0.766. The molecule has 138 valence electrons. The first-order valence-electron chi connectivity index (χ1n) is 8.88. The minimum absolute atomic E-state index is 0.0223. The Bertz CT molecular complexity index is 814. The lowest BCUT2D eigenvalue weighted by atomic mass is 9.90. The van der Waals surface area contributed by atoms with Gasteiger partial charge in [-0.1, -0.05) is 13.0 Å². The number of carbonyl (C=O) groups excluding carboxylic acids is 2. The van der Waals surface area contributed by atoms with Crippen LogP contribution in [0.15, 0.2) is 30.6 Å². The molecular weight excluding hydrogens is 330 g/mol. The molecule has 0 spiro atoms. The molecule has 1 aromatic carbocycles. The van der Waals surface area contributed by atoms with E-state index in [1.165, 1.54) is 0 Å². The van der Waals surface area contributed by atoms with Gasteiger partial charge in [-0.15, -0.1) is 0 Å². The van der Waals surface area contributed by atoms with E-state index < -0.39 is 0 Å². The number of aryl methyl sites for hydroxylation is 2. The number of hydrogen-bond donors (Lipinski definition) is 3. The van der Waals surface area contributed by atoms with Gasteiger partial charge in [-0.2, -0.15) is 5.10 Å². The first-order valence-corrected chi connectivity index (χ1v) is 8.88. The van der Waals surface area contributed by atoms with E-state index >= 15 is 0 Å². The Morgan fingerprint density at radius 3 is 2.81 bits per heavy atom. The van der Waals surface area contributed by atoms with Gasteiger partial charge in [-0.25, -0.2) is 0 Å². The van der Waals surface area contributed by atoms with Crippen molar-refractivity contribution in [3.8, 4) is 0 Å². The Kier molecular flexibility index (Phi) is 5.37. The number of nitrogens with zero attached hydrogens (tertiary/aromatic N) is 2. The Balaban J connectivity index is 1.74. The zero-order chi connectivity index (χ0) is 18.7. The van der Waals surface area contributed by atoms with E-state index in [2.05, 4.69) is 21.0 Å². The summed E-state index contributed by atoms with van der Waals surface area (Å²) in [4.78, 5) is 24.5. The van der Waals surface area contributed by atoms with Crippen LogP contribution in [0, 0.1) is 12.8 Å². The van der Waals surface area contributed by atoms with Crippen LogP contribution in [0.2, 0.25) is 0 Å². The second-order valence-electron chi connectivity index (χ2n) is 6.74. The maximum atomic E-state index is 12.9. The highest BCUT2D eigenvalue weighted by molar-refractivity contribution is 5.96. The summed E-state index contributed by atoms with van der Waals surface area (Å²) in [5.41, 5.74) is 3.43. The third kappa shape index (κ3) is 3.94. The molecule has 1 aliphatic rings. The van der Waals surface area contributed by atoms with Crippen LogP contribution in [0.3, 0.4) is 0 Å². The summed E-state index contributed by atoms with van der Waals surface area (Å²) in [6.45, 7) is 5.14. The number of rotatable bonds is 5. The minimum Gasteiger partial charge on any atom is -0.326 e. The van der Waals surface area contributed by atoms with E-state index in [0.29, 0.717) is 18.7 Å². The molecule has 0 radical (unpaired) electrons. The van der Waals surface area contributed by atoms with Gasteiger partial charge in [0.25, 0.3) is 0 Å². The summed E-state index contributed by atoms with van der Waals surface area (Å²) in [5, 5.41) is 13.4. The average Bonchev–Trinajstić information content (AvgIpc) is 3.26. The molecule has 2 aromatic rings. The second-order valence-corrected chi connectivity index (χ2v) is 6.74. The number of hydrogen-bond acceptors (Lipinski definition) is 4. The zero-order valence-corrected chi connectivity index (χ0v) is 15.4. The van der Waals surface area contributed by atoms with Crippen molar-refractivity contribution in [2.24, 2.45) is 13.0 Å². The third-order valence-corrected chi connectivity index (χ3v) is 4.80. The molecule has 2 heterocycles. The fourth-order valence-corrected chi connectivity index (χ4v) is 3.25. The van der Waals surface area contributed by atoms with Gasteiger partial charge >= 0.3 is 0 Å². The smallest absolute Gasteiger partial charge is 0.229 e. The molecule has 7 heteroatoms. The van der Waals surface area contributed by atoms with Crippen molar-refractivity contribution in [2.45, 2.75) is 26.2 Å². The molecule has 7 nitrogen and oxygen atoms in total. The monoisotopic (exact) mass is 355 g/mol. The van der Waals surface area contributed by atoms with Crippen LogP contribution >= 0.6 is 0 Å². The van der Waals surface area contributed by atoms with E-state index in [9.17, 15) is 9.59 Å². The van der Waals surface area contributed by atoms with Gasteiger partial charge < -0.3 is 16.0 Å². The van der Waals surface area contributed by atoms with Crippen LogP contribution in [-0.4, -0.2) is 34.7 Å². The van der Waals surface area contributed by atoms with Crippen molar-refractivity contribution in [1.82, 2.24) is 15.1 Å². The Morgan fingerprint density at radius 1 is 1.31 bits per heavy atom. The fraction of sp³-hybridized carbons (Fsp3) is 0.421. The van der Waals surface area contributed by atoms with E-state index in [-0.39, 0.29) is 23.7 Å². The van der Waals surface area contributed by atoms with Crippen LogP contribution in [0.25, 0.3) is 0 Å². The maximum absolute atomic E-state index is 12.9. The normalized spacial score (nSPS) is 19.3. The summed E-state index contributed by atoms with van der Waals surface area (Å²) in [6, 6.07) is 5.54. The van der Waals surface area contributed by atoms with Gasteiger partial charge in [0.1, 0.15) is 0 Å². The molecule has 26 heavy (non-hydrogen) atoms. The van der Waals surface area contributed by atoms with Gasteiger partial charge in [0.15, 0.2) is 0 Å². The van der Waals surface area contributed by atoms with E-state index in [0.717, 1.165) is 23.4 Å². The van der Waals surface area contributed by atoms with Gasteiger partial charge in [0, 0.05) is 50.0 Å². The van der Waals surface area contributed by atoms with Gasteiger partial charge in [-0.3, -0.25) is 14.3 Å². The van der Waals surface area contributed by atoms with Crippen LogP contribution in [-0.2, 0) is 16.6 Å². The van der Waals surface area contributed by atoms with Crippen molar-refractivity contribution in [3.05, 3.63) is 41.7 Å². The molecule has 3 N–H and O–H groups in total. The molecule has 2 atom stereocenters. The summed E-state index contributed by atoms with van der Waals surface area (Å²) in [5.74, 6) is -0.131. The zero-order valence-electron chi connectivity index (χ0n) is 15.4. The predicted octanol–water partition coefficient (Wildman–Crippen LogP) is 2.02. The first-order chi connectivity index (χ1) is 12.5. The highest BCUT2D eigenvalue weighted by atomic mass is 16.2. The van der Waals surface area contributed by atoms with E-state index in [1.54, 1.807) is 11.6 Å². The summed E-state index contributed by atoms with van der Waals surface area (Å²) in [7, 11) is 1.88. The Morgan fingerprint density at radius 2 is 2.12 bits per heavy atom. The second kappa shape index (κ2) is 7.70. The third-order valence-electron chi connectivity index (χ3n) is 4.80. The molecule has 0 aliphatic carbocycles. The SMILES string of the molecule is CCC(=O)Nc1ccc(C)c(NC(=O)[C@H]2CNC[C@@H]2c2cnn(C)c2)c1. The summed E-state index contributed by atoms with van der Waals surface area (Å²) < 4.78 is 1.76. The van der Waals surface area contributed by atoms with Crippen LogP contribution in [0.4, 0.5) is 11.4 Å².